The molecule has 0 radical (unpaired) electrons. The van der Waals surface area contributed by atoms with Crippen molar-refractivity contribution in [3.05, 3.63) is 40.1 Å². The second kappa shape index (κ2) is 5.07. The molecule has 0 heterocycles. The molecule has 0 aliphatic carbocycles. The molecule has 1 aromatic carbocycles. The van der Waals surface area contributed by atoms with Crippen LogP contribution in [0.3, 0.4) is 0 Å². The van der Waals surface area contributed by atoms with E-state index in [-0.39, 0.29) is 5.91 Å². The van der Waals surface area contributed by atoms with E-state index >= 15 is 0 Å². The third-order valence-electron chi connectivity index (χ3n) is 1.84. The van der Waals surface area contributed by atoms with E-state index in [1.54, 1.807) is 26.0 Å². The Kier molecular flexibility index (Phi) is 4.03. The lowest BCUT2D eigenvalue weighted by Crippen LogP contribution is -2.09. The lowest BCUT2D eigenvalue weighted by Gasteiger charge is -2.07. The van der Waals surface area contributed by atoms with Gasteiger partial charge < -0.3 is 5.32 Å². The fourth-order valence-corrected chi connectivity index (χ4v) is 1.56. The second-order valence-electron chi connectivity index (χ2n) is 3.07. The average Bonchev–Trinajstić information content (AvgIpc) is 2.14. The van der Waals surface area contributed by atoms with Gasteiger partial charge in [-0.25, -0.2) is 4.39 Å². The molecule has 0 aliphatic rings. The Morgan fingerprint density at radius 1 is 1.53 bits per heavy atom. The first-order valence-corrected chi connectivity index (χ1v) is 5.23. The third-order valence-corrected chi connectivity index (χ3v) is 2.45. The third kappa shape index (κ3) is 3.16. The first kappa shape index (κ1) is 11.9. The van der Waals surface area contributed by atoms with E-state index in [9.17, 15) is 9.18 Å². The summed E-state index contributed by atoms with van der Waals surface area (Å²) in [4.78, 5) is 11.2. The van der Waals surface area contributed by atoms with Crippen molar-refractivity contribution >= 4 is 27.5 Å². The predicted octanol–water partition coefficient (Wildman–Crippen LogP) is 3.41. The summed E-state index contributed by atoms with van der Waals surface area (Å²) in [6.07, 6.45) is 3.01. The molecule has 0 aliphatic heterocycles. The molecule has 0 spiro atoms. The Labute approximate surface area is 96.3 Å². The molecular formula is C11H11BrFNO. The van der Waals surface area contributed by atoms with Gasteiger partial charge in [0.15, 0.2) is 0 Å². The minimum absolute atomic E-state index is 0.262. The van der Waals surface area contributed by atoms with Gasteiger partial charge in [0.1, 0.15) is 5.82 Å². The lowest BCUT2D eigenvalue weighted by molar-refractivity contribution is -0.111. The molecule has 1 N–H and O–H groups in total. The molecule has 1 aromatic rings. The van der Waals surface area contributed by atoms with Crippen molar-refractivity contribution in [2.24, 2.45) is 0 Å². The summed E-state index contributed by atoms with van der Waals surface area (Å²) in [5.74, 6) is -0.654. The van der Waals surface area contributed by atoms with E-state index in [0.29, 0.717) is 10.2 Å². The van der Waals surface area contributed by atoms with Crippen LogP contribution in [0, 0.1) is 12.7 Å². The molecule has 4 heteroatoms. The summed E-state index contributed by atoms with van der Waals surface area (Å²) < 4.78 is 13.6. The first-order chi connectivity index (χ1) is 7.04. The number of benzene rings is 1. The number of carbonyl (C=O) groups excluding carboxylic acids is 1. The van der Waals surface area contributed by atoms with Gasteiger partial charge in [-0.15, -0.1) is 0 Å². The molecule has 0 fully saturated rings. The minimum atomic E-state index is -0.392. The zero-order chi connectivity index (χ0) is 11.4. The van der Waals surface area contributed by atoms with Crippen molar-refractivity contribution in [1.29, 1.82) is 0 Å². The summed E-state index contributed by atoms with van der Waals surface area (Å²) in [6.45, 7) is 3.55. The van der Waals surface area contributed by atoms with Gasteiger partial charge in [0.25, 0.3) is 0 Å². The molecule has 0 saturated heterocycles. The van der Waals surface area contributed by atoms with Gasteiger partial charge in [-0.05, 0) is 53.5 Å². The Balaban J connectivity index is 2.95. The zero-order valence-electron chi connectivity index (χ0n) is 8.47. The largest absolute Gasteiger partial charge is 0.322 e. The number of allylic oxidation sites excluding steroid dienone is 1. The van der Waals surface area contributed by atoms with Crippen LogP contribution in [0.4, 0.5) is 10.1 Å². The Bertz CT molecular complexity index is 415. The molecule has 0 unspecified atom stereocenters. The van der Waals surface area contributed by atoms with Crippen molar-refractivity contribution in [2.75, 3.05) is 5.32 Å². The Morgan fingerprint density at radius 2 is 2.20 bits per heavy atom. The van der Waals surface area contributed by atoms with Crippen molar-refractivity contribution in [3.63, 3.8) is 0 Å². The Morgan fingerprint density at radius 3 is 2.80 bits per heavy atom. The molecule has 1 rings (SSSR count). The van der Waals surface area contributed by atoms with Crippen LogP contribution >= 0.6 is 15.9 Å². The Hall–Kier alpha value is -1.16. The van der Waals surface area contributed by atoms with Crippen LogP contribution in [0.1, 0.15) is 12.5 Å². The highest BCUT2D eigenvalue weighted by Crippen LogP contribution is 2.23. The van der Waals surface area contributed by atoms with Crippen LogP contribution in [0.15, 0.2) is 28.8 Å². The van der Waals surface area contributed by atoms with E-state index in [1.807, 2.05) is 0 Å². The van der Waals surface area contributed by atoms with Gasteiger partial charge in [0, 0.05) is 5.69 Å². The van der Waals surface area contributed by atoms with E-state index in [1.165, 1.54) is 12.1 Å². The zero-order valence-corrected chi connectivity index (χ0v) is 10.1. The fourth-order valence-electron chi connectivity index (χ4n) is 1.11. The molecule has 0 bridgehead atoms. The fraction of sp³-hybridized carbons (Fsp3) is 0.182. The number of hydrogen-bond acceptors (Lipinski definition) is 1. The van der Waals surface area contributed by atoms with Crippen LogP contribution in [0.5, 0.6) is 0 Å². The molecular weight excluding hydrogens is 261 g/mol. The number of hydrogen-bond donors (Lipinski definition) is 1. The van der Waals surface area contributed by atoms with Gasteiger partial charge in [-0.2, -0.15) is 0 Å². The maximum atomic E-state index is 13.2. The SMILES string of the molecule is C/C=C/C(=O)Nc1cc(F)c(Br)cc1C. The van der Waals surface area contributed by atoms with Gasteiger partial charge in [0.2, 0.25) is 5.91 Å². The summed E-state index contributed by atoms with van der Waals surface area (Å²) in [6, 6.07) is 2.92. The van der Waals surface area contributed by atoms with E-state index in [0.717, 1.165) is 5.56 Å². The van der Waals surface area contributed by atoms with Crippen LogP contribution in [0.25, 0.3) is 0 Å². The molecule has 15 heavy (non-hydrogen) atoms. The van der Waals surface area contributed by atoms with Crippen molar-refractivity contribution in [1.82, 2.24) is 0 Å². The average molecular weight is 272 g/mol. The van der Waals surface area contributed by atoms with Crippen LogP contribution in [-0.4, -0.2) is 5.91 Å². The maximum absolute atomic E-state index is 13.2. The van der Waals surface area contributed by atoms with Gasteiger partial charge in [-0.1, -0.05) is 6.08 Å². The number of aryl methyl sites for hydroxylation is 1. The van der Waals surface area contributed by atoms with Gasteiger partial charge >= 0.3 is 0 Å². The number of amides is 1. The minimum Gasteiger partial charge on any atom is -0.322 e. The summed E-state index contributed by atoms with van der Waals surface area (Å²) in [5.41, 5.74) is 1.29. The monoisotopic (exact) mass is 271 g/mol. The number of halogens is 2. The molecule has 80 valence electrons. The van der Waals surface area contributed by atoms with E-state index in [4.69, 9.17) is 0 Å². The topological polar surface area (TPSA) is 29.1 Å². The maximum Gasteiger partial charge on any atom is 0.248 e. The molecule has 0 saturated carbocycles. The van der Waals surface area contributed by atoms with Crippen molar-refractivity contribution < 1.29 is 9.18 Å². The number of rotatable bonds is 2. The highest BCUT2D eigenvalue weighted by atomic mass is 79.9. The van der Waals surface area contributed by atoms with Crippen LogP contribution in [0.2, 0.25) is 0 Å². The molecule has 1 amide bonds. The second-order valence-corrected chi connectivity index (χ2v) is 3.92. The van der Waals surface area contributed by atoms with Crippen molar-refractivity contribution in [2.45, 2.75) is 13.8 Å². The number of nitrogens with one attached hydrogen (secondary N) is 1. The van der Waals surface area contributed by atoms with Gasteiger partial charge in [-0.3, -0.25) is 4.79 Å². The van der Waals surface area contributed by atoms with Crippen molar-refractivity contribution in [3.8, 4) is 0 Å². The highest BCUT2D eigenvalue weighted by Gasteiger charge is 2.06. The summed E-state index contributed by atoms with van der Waals surface area (Å²) >= 11 is 3.08. The lowest BCUT2D eigenvalue weighted by atomic mass is 10.2. The molecule has 0 atom stereocenters. The summed E-state index contributed by atoms with van der Waals surface area (Å²) in [7, 11) is 0. The standard InChI is InChI=1S/C11H11BrFNO/c1-3-4-11(15)14-10-6-9(13)8(12)5-7(10)2/h3-6H,1-2H3,(H,14,15)/b4-3+. The normalized spacial score (nSPS) is 10.7. The highest BCUT2D eigenvalue weighted by molar-refractivity contribution is 9.10. The van der Waals surface area contributed by atoms with Crippen LogP contribution in [-0.2, 0) is 4.79 Å². The van der Waals surface area contributed by atoms with E-state index < -0.39 is 5.82 Å². The number of anilines is 1. The molecule has 2 nitrogen and oxygen atoms in total. The number of carbonyl (C=O) groups is 1. The predicted molar refractivity (Wildman–Crippen MR) is 62.3 cm³/mol. The smallest absolute Gasteiger partial charge is 0.248 e. The first-order valence-electron chi connectivity index (χ1n) is 4.44. The quantitative estimate of drug-likeness (QED) is 0.821. The van der Waals surface area contributed by atoms with Gasteiger partial charge in [0.05, 0.1) is 4.47 Å². The van der Waals surface area contributed by atoms with Crippen LogP contribution < -0.4 is 5.32 Å². The summed E-state index contributed by atoms with van der Waals surface area (Å²) in [5, 5.41) is 2.59. The molecule has 0 aromatic heterocycles. The van der Waals surface area contributed by atoms with E-state index in [2.05, 4.69) is 21.2 Å².